The number of aromatic nitrogens is 3. The summed E-state index contributed by atoms with van der Waals surface area (Å²) < 4.78 is 12.3. The molecule has 2 unspecified atom stereocenters. The van der Waals surface area contributed by atoms with Gasteiger partial charge in [0.1, 0.15) is 11.5 Å². The maximum absolute atomic E-state index is 11.4. The molecule has 2 aliphatic heterocycles. The van der Waals surface area contributed by atoms with E-state index in [0.717, 1.165) is 61.1 Å². The molecule has 0 radical (unpaired) electrons. The zero-order valence-corrected chi connectivity index (χ0v) is 19.2. The molecule has 1 N–H and O–H groups in total. The van der Waals surface area contributed by atoms with Gasteiger partial charge < -0.3 is 19.3 Å². The van der Waals surface area contributed by atoms with Crippen molar-refractivity contribution >= 4 is 11.9 Å². The van der Waals surface area contributed by atoms with Gasteiger partial charge in [0.25, 0.3) is 0 Å². The summed E-state index contributed by atoms with van der Waals surface area (Å²) in [6.45, 7) is 2.59. The largest absolute Gasteiger partial charge is 0.477 e. The van der Waals surface area contributed by atoms with Gasteiger partial charge in [-0.2, -0.15) is 0 Å². The van der Waals surface area contributed by atoms with Crippen molar-refractivity contribution in [1.82, 2.24) is 15.1 Å². The summed E-state index contributed by atoms with van der Waals surface area (Å²) in [4.78, 5) is 22.2. The fourth-order valence-electron chi connectivity index (χ4n) is 5.56. The van der Waals surface area contributed by atoms with Crippen molar-refractivity contribution in [1.29, 1.82) is 0 Å². The van der Waals surface area contributed by atoms with Crippen molar-refractivity contribution in [2.75, 3.05) is 4.90 Å². The molecule has 2 aromatic heterocycles. The smallest absolute Gasteiger partial charge is 0.354 e. The number of benzene rings is 1. The molecule has 176 valence electrons. The van der Waals surface area contributed by atoms with E-state index in [1.807, 2.05) is 12.1 Å². The van der Waals surface area contributed by atoms with E-state index in [1.165, 1.54) is 17.8 Å². The number of carbonyl (C=O) groups is 1. The molecule has 1 saturated carbocycles. The molecule has 3 fully saturated rings. The number of carboxylic acids is 1. The number of hydrogen-bond donors (Lipinski definition) is 1. The summed E-state index contributed by atoms with van der Waals surface area (Å²) in [6.07, 6.45) is 7.79. The van der Waals surface area contributed by atoms with Gasteiger partial charge in [-0.1, -0.05) is 29.4 Å². The highest BCUT2D eigenvalue weighted by Crippen LogP contribution is 2.45. The van der Waals surface area contributed by atoms with E-state index < -0.39 is 5.97 Å². The summed E-state index contributed by atoms with van der Waals surface area (Å²) in [5.41, 5.74) is 4.30. The first-order valence-corrected chi connectivity index (χ1v) is 12.1. The van der Waals surface area contributed by atoms with Crippen LogP contribution in [0.4, 0.5) is 5.95 Å². The Bertz CT molecular complexity index is 1210. The number of anilines is 1. The summed E-state index contributed by atoms with van der Waals surface area (Å²) in [5, 5.41) is 13.8. The molecule has 6 rings (SSSR count). The van der Waals surface area contributed by atoms with Gasteiger partial charge in [-0.25, -0.2) is 14.8 Å². The summed E-state index contributed by atoms with van der Waals surface area (Å²) >= 11 is 0. The van der Waals surface area contributed by atoms with Crippen LogP contribution in [0.1, 0.15) is 71.8 Å². The van der Waals surface area contributed by atoms with Crippen molar-refractivity contribution in [3.05, 3.63) is 59.1 Å². The Morgan fingerprint density at radius 3 is 2.62 bits per heavy atom. The molecule has 3 atom stereocenters. The normalized spacial score (nSPS) is 23.9. The van der Waals surface area contributed by atoms with Gasteiger partial charge in [0, 0.05) is 35.3 Å². The molecule has 4 heterocycles. The van der Waals surface area contributed by atoms with Gasteiger partial charge in [0.05, 0.1) is 12.7 Å². The van der Waals surface area contributed by atoms with Crippen molar-refractivity contribution < 1.29 is 19.2 Å². The van der Waals surface area contributed by atoms with Crippen LogP contribution in [-0.4, -0.2) is 44.4 Å². The molecular weight excluding hydrogens is 432 g/mol. The first-order valence-electron chi connectivity index (χ1n) is 12.1. The van der Waals surface area contributed by atoms with Crippen molar-refractivity contribution in [3.63, 3.8) is 0 Å². The monoisotopic (exact) mass is 460 g/mol. The van der Waals surface area contributed by atoms with Crippen LogP contribution in [0.3, 0.4) is 0 Å². The van der Waals surface area contributed by atoms with Crippen molar-refractivity contribution in [2.24, 2.45) is 0 Å². The van der Waals surface area contributed by atoms with Crippen LogP contribution in [0.15, 0.2) is 41.1 Å². The third kappa shape index (κ3) is 3.86. The van der Waals surface area contributed by atoms with Gasteiger partial charge in [-0.05, 0) is 57.1 Å². The highest BCUT2D eigenvalue weighted by Gasteiger charge is 2.43. The van der Waals surface area contributed by atoms with Gasteiger partial charge >= 0.3 is 5.97 Å². The lowest BCUT2D eigenvalue weighted by atomic mass is 9.99. The van der Waals surface area contributed by atoms with Crippen LogP contribution in [-0.2, 0) is 11.3 Å². The number of hydrogen-bond acceptors (Lipinski definition) is 7. The van der Waals surface area contributed by atoms with E-state index in [2.05, 4.69) is 39.1 Å². The third-order valence-corrected chi connectivity index (χ3v) is 7.41. The Hall–Kier alpha value is -3.26. The van der Waals surface area contributed by atoms with Gasteiger partial charge in [-0.3, -0.25) is 0 Å². The lowest BCUT2D eigenvalue weighted by molar-refractivity contribution is 0.0144. The minimum absolute atomic E-state index is 0.0339. The van der Waals surface area contributed by atoms with Crippen LogP contribution in [0, 0.1) is 6.92 Å². The average molecular weight is 461 g/mol. The molecule has 0 amide bonds. The van der Waals surface area contributed by atoms with Gasteiger partial charge in [0.15, 0.2) is 5.69 Å². The standard InChI is InChI=1S/C26H28N4O4/c1-15-4-2-3-5-20(15)23-21(24(34-29-23)16-6-7-16)14-33-19-12-17-8-9-18(13-19)30(17)26-27-11-10-22(28-26)25(31)32/h2-5,10-11,16-19H,6-9,12-14H2,1H3,(H,31,32)/t17-,18?,19?/m0/s1. The number of piperidine rings is 1. The lowest BCUT2D eigenvalue weighted by Crippen LogP contribution is -2.46. The first kappa shape index (κ1) is 21.3. The zero-order chi connectivity index (χ0) is 23.2. The quantitative estimate of drug-likeness (QED) is 0.540. The summed E-state index contributed by atoms with van der Waals surface area (Å²) in [7, 11) is 0. The second kappa shape index (κ2) is 8.51. The van der Waals surface area contributed by atoms with E-state index in [9.17, 15) is 9.90 Å². The highest BCUT2D eigenvalue weighted by atomic mass is 16.5. The maximum Gasteiger partial charge on any atom is 0.354 e. The van der Waals surface area contributed by atoms with Crippen molar-refractivity contribution in [2.45, 2.75) is 76.2 Å². The molecule has 34 heavy (non-hydrogen) atoms. The molecule has 3 aromatic rings. The highest BCUT2D eigenvalue weighted by molar-refractivity contribution is 5.85. The summed E-state index contributed by atoms with van der Waals surface area (Å²) in [6, 6.07) is 10.2. The second-order valence-electron chi connectivity index (χ2n) is 9.71. The minimum atomic E-state index is -1.03. The minimum Gasteiger partial charge on any atom is -0.477 e. The third-order valence-electron chi connectivity index (χ3n) is 7.41. The molecule has 1 aromatic carbocycles. The number of aromatic carboxylic acids is 1. The lowest BCUT2D eigenvalue weighted by Gasteiger charge is -2.38. The fourth-order valence-corrected chi connectivity index (χ4v) is 5.56. The Balaban J connectivity index is 1.19. The predicted octanol–water partition coefficient (Wildman–Crippen LogP) is 4.73. The second-order valence-corrected chi connectivity index (χ2v) is 9.71. The van der Waals surface area contributed by atoms with E-state index in [0.29, 0.717) is 18.5 Å². The Kier molecular flexibility index (Phi) is 5.32. The Morgan fingerprint density at radius 2 is 1.91 bits per heavy atom. The SMILES string of the molecule is Cc1ccccc1-c1noc(C2CC2)c1COC1CC2CC[C@@H](C1)N2c1nccc(C(=O)O)n1. The molecular formula is C26H28N4O4. The van der Waals surface area contributed by atoms with E-state index >= 15 is 0 Å². The van der Waals surface area contributed by atoms with Crippen LogP contribution in [0.2, 0.25) is 0 Å². The maximum atomic E-state index is 11.4. The number of rotatable bonds is 7. The molecule has 2 bridgehead atoms. The molecule has 0 spiro atoms. The summed E-state index contributed by atoms with van der Waals surface area (Å²) in [5.74, 6) is 0.930. The predicted molar refractivity (Wildman–Crippen MR) is 125 cm³/mol. The number of fused-ring (bicyclic) bond motifs is 2. The number of carboxylic acid groups (broad SMARTS) is 1. The number of ether oxygens (including phenoxy) is 1. The zero-order valence-electron chi connectivity index (χ0n) is 19.2. The van der Waals surface area contributed by atoms with Gasteiger partial charge in [-0.15, -0.1) is 0 Å². The molecule has 8 nitrogen and oxygen atoms in total. The van der Waals surface area contributed by atoms with E-state index in [-0.39, 0.29) is 23.9 Å². The molecule has 1 aliphatic carbocycles. The topological polar surface area (TPSA) is 102 Å². The van der Waals surface area contributed by atoms with Crippen LogP contribution in [0.5, 0.6) is 0 Å². The average Bonchev–Trinajstić information content (AvgIpc) is 3.54. The van der Waals surface area contributed by atoms with E-state index in [4.69, 9.17) is 9.26 Å². The number of nitrogens with zero attached hydrogens (tertiary/aromatic N) is 4. The van der Waals surface area contributed by atoms with Crippen LogP contribution < -0.4 is 4.90 Å². The van der Waals surface area contributed by atoms with Crippen LogP contribution in [0.25, 0.3) is 11.3 Å². The van der Waals surface area contributed by atoms with E-state index in [1.54, 1.807) is 0 Å². The first-order chi connectivity index (χ1) is 16.6. The molecule has 3 aliphatic rings. The van der Waals surface area contributed by atoms with Crippen molar-refractivity contribution in [3.8, 4) is 11.3 Å². The number of aryl methyl sites for hydroxylation is 1. The van der Waals surface area contributed by atoms with Crippen LogP contribution >= 0.6 is 0 Å². The molecule has 8 heteroatoms. The van der Waals surface area contributed by atoms with Gasteiger partial charge in [0.2, 0.25) is 5.95 Å². The Labute approximate surface area is 198 Å². The molecule has 2 saturated heterocycles. The Morgan fingerprint density at radius 1 is 1.15 bits per heavy atom. The fraction of sp³-hybridized carbons (Fsp3) is 0.462.